The van der Waals surface area contributed by atoms with Crippen molar-refractivity contribution in [2.24, 2.45) is 5.41 Å². The van der Waals surface area contributed by atoms with Crippen molar-refractivity contribution >= 4 is 46.5 Å². The van der Waals surface area contributed by atoms with Gasteiger partial charge >= 0.3 is 0 Å². The monoisotopic (exact) mass is 979 g/mol. The lowest BCUT2D eigenvalue weighted by Crippen LogP contribution is -2.56. The van der Waals surface area contributed by atoms with Crippen LogP contribution in [0.25, 0.3) is 21.6 Å². The number of alkyl halides is 2. The van der Waals surface area contributed by atoms with Gasteiger partial charge in [0.25, 0.3) is 6.43 Å². The molecule has 2 aromatic carbocycles. The SMILES string of the molecule is CC(=O)N1CCc2c(c(N3CCCc4cc(-c5ccn(CC(=O)N[C@H](C(=O)N6C[C@H](O)C[C@H]6CC(=O)NCc6ccc(-c7scnc7C)cc6)C(C)(C)C)c5)c(C(F)F)cc43)nn2C2CCOCC2)C1. The van der Waals surface area contributed by atoms with E-state index >= 15 is 8.78 Å². The fraction of sp³-hybridized carbons (Fsp3) is 0.500. The van der Waals surface area contributed by atoms with E-state index in [1.165, 1.54) is 4.90 Å². The van der Waals surface area contributed by atoms with Gasteiger partial charge in [-0.1, -0.05) is 45.0 Å². The summed E-state index contributed by atoms with van der Waals surface area (Å²) in [6.45, 7) is 12.1. The maximum Gasteiger partial charge on any atom is 0.264 e. The van der Waals surface area contributed by atoms with Crippen LogP contribution in [-0.2, 0) is 56.4 Å². The van der Waals surface area contributed by atoms with Crippen LogP contribution in [0.4, 0.5) is 20.3 Å². The van der Waals surface area contributed by atoms with Gasteiger partial charge < -0.3 is 39.7 Å². The minimum Gasteiger partial charge on any atom is -0.391 e. The summed E-state index contributed by atoms with van der Waals surface area (Å²) in [6, 6.07) is 11.7. The molecule has 70 heavy (non-hydrogen) atoms. The summed E-state index contributed by atoms with van der Waals surface area (Å²) in [4.78, 5) is 64.8. The molecular formula is C52H63F2N9O6S. The number of aromatic nitrogens is 4. The van der Waals surface area contributed by atoms with Crippen LogP contribution in [0.2, 0.25) is 0 Å². The van der Waals surface area contributed by atoms with E-state index < -0.39 is 41.8 Å². The standard InChI is InChI=1S/C52H63F2N9O6S/c1-31-47(70-30-56-31)34-10-8-33(9-11-34)25-55-45(66)23-38-22-39(65)27-62(38)51(68)48(52(3,4)5)57-46(67)29-59-17-12-36(26-59)40-21-35-7-6-16-61(44(35)24-41(40)49(53)54)50-42-28-60(32(2)64)18-13-43(42)63(58-50)37-14-19-69-20-15-37/h8-12,17,21,24,26,30,37-39,48-49,65H,6-7,13-16,18-20,22-23,25,27-29H2,1-5H3,(H,55,66)(H,57,67)/t38-,39+,48+/m0/s1. The maximum absolute atomic E-state index is 15.2. The summed E-state index contributed by atoms with van der Waals surface area (Å²) in [5.41, 5.74) is 8.42. The zero-order chi connectivity index (χ0) is 49.4. The number of fused-ring (bicyclic) bond motifs is 2. The van der Waals surface area contributed by atoms with Gasteiger partial charge in [0.15, 0.2) is 5.82 Å². The number of carbonyl (C=O) groups excluding carboxylic acids is 4. The molecule has 4 aliphatic heterocycles. The van der Waals surface area contributed by atoms with Crippen LogP contribution < -0.4 is 15.5 Å². The quantitative estimate of drug-likeness (QED) is 0.110. The van der Waals surface area contributed by atoms with Crippen LogP contribution in [0.5, 0.6) is 0 Å². The van der Waals surface area contributed by atoms with Gasteiger partial charge in [0.1, 0.15) is 12.6 Å². The number of benzene rings is 2. The Balaban J connectivity index is 0.878. The van der Waals surface area contributed by atoms with Gasteiger partial charge in [-0.3, -0.25) is 23.9 Å². The van der Waals surface area contributed by atoms with Crippen LogP contribution in [0.1, 0.15) is 106 Å². The van der Waals surface area contributed by atoms with Crippen LogP contribution in [0, 0.1) is 12.3 Å². The van der Waals surface area contributed by atoms with Gasteiger partial charge in [-0.15, -0.1) is 11.3 Å². The molecule has 7 heterocycles. The summed E-state index contributed by atoms with van der Waals surface area (Å²) in [6.07, 6.45) is 3.71. The van der Waals surface area contributed by atoms with Crippen LogP contribution in [-0.4, -0.2) is 109 Å². The Kier molecular flexibility index (Phi) is 14.3. The van der Waals surface area contributed by atoms with Crippen molar-refractivity contribution in [3.8, 4) is 21.6 Å². The third-order valence-electron chi connectivity index (χ3n) is 14.3. The number of likely N-dealkylation sites (tertiary alicyclic amines) is 1. The maximum atomic E-state index is 15.2. The first-order valence-electron chi connectivity index (χ1n) is 24.4. The smallest absolute Gasteiger partial charge is 0.264 e. The van der Waals surface area contributed by atoms with Crippen molar-refractivity contribution < 1.29 is 37.8 Å². The molecule has 9 rings (SSSR count). The summed E-state index contributed by atoms with van der Waals surface area (Å²) >= 11 is 1.57. The normalized spacial score (nSPS) is 19.0. The number of nitrogens with zero attached hydrogens (tertiary/aromatic N) is 7. The summed E-state index contributed by atoms with van der Waals surface area (Å²) in [7, 11) is 0. The Bertz CT molecular complexity index is 2740. The second kappa shape index (κ2) is 20.4. The summed E-state index contributed by atoms with van der Waals surface area (Å²) in [5.74, 6) is -0.414. The van der Waals surface area contributed by atoms with E-state index in [2.05, 4.69) is 25.2 Å². The second-order valence-electron chi connectivity index (χ2n) is 20.3. The molecule has 3 aromatic heterocycles. The number of aryl methyl sites for hydroxylation is 2. The number of aliphatic hydroxyl groups excluding tert-OH is 1. The predicted molar refractivity (Wildman–Crippen MR) is 263 cm³/mol. The molecule has 4 amide bonds. The fourth-order valence-electron chi connectivity index (χ4n) is 10.5. The number of amides is 4. The molecule has 2 fully saturated rings. The fourth-order valence-corrected chi connectivity index (χ4v) is 11.3. The molecule has 0 bridgehead atoms. The highest BCUT2D eigenvalue weighted by atomic mass is 32.1. The Morgan fingerprint density at radius 1 is 1.00 bits per heavy atom. The molecule has 0 aliphatic carbocycles. The van der Waals surface area contributed by atoms with Gasteiger partial charge in [-0.05, 0) is 90.5 Å². The molecule has 15 nitrogen and oxygen atoms in total. The van der Waals surface area contributed by atoms with Gasteiger partial charge in [-0.2, -0.15) is 5.10 Å². The van der Waals surface area contributed by atoms with Crippen molar-refractivity contribution in [2.45, 2.75) is 130 Å². The minimum atomic E-state index is -2.80. The number of anilines is 2. The van der Waals surface area contributed by atoms with Gasteiger partial charge in [0.2, 0.25) is 23.6 Å². The van der Waals surface area contributed by atoms with E-state index in [-0.39, 0.29) is 49.4 Å². The molecule has 2 saturated heterocycles. The molecule has 5 aromatic rings. The van der Waals surface area contributed by atoms with Crippen molar-refractivity contribution in [1.82, 2.24) is 39.8 Å². The first-order chi connectivity index (χ1) is 33.5. The Morgan fingerprint density at radius 2 is 1.77 bits per heavy atom. The summed E-state index contributed by atoms with van der Waals surface area (Å²) < 4.78 is 39.8. The number of aliphatic hydroxyl groups is 1. The number of carbonyl (C=O) groups is 4. The van der Waals surface area contributed by atoms with E-state index in [1.54, 1.807) is 47.4 Å². The first-order valence-corrected chi connectivity index (χ1v) is 25.3. The third-order valence-corrected chi connectivity index (χ3v) is 15.2. The topological polar surface area (TPSA) is 167 Å². The zero-order valence-corrected chi connectivity index (χ0v) is 41.4. The van der Waals surface area contributed by atoms with Gasteiger partial charge in [-0.25, -0.2) is 13.8 Å². The number of hydrogen-bond acceptors (Lipinski definition) is 10. The highest BCUT2D eigenvalue weighted by Crippen LogP contribution is 2.44. The second-order valence-corrected chi connectivity index (χ2v) is 21.1. The molecule has 18 heteroatoms. The molecule has 0 unspecified atom stereocenters. The molecule has 3 N–H and O–H groups in total. The van der Waals surface area contributed by atoms with E-state index in [0.29, 0.717) is 74.9 Å². The Morgan fingerprint density at radius 3 is 2.47 bits per heavy atom. The van der Waals surface area contributed by atoms with Crippen molar-refractivity contribution in [1.29, 1.82) is 0 Å². The Hall–Kier alpha value is -5.98. The average Bonchev–Trinajstić information content (AvgIpc) is 4.15. The number of rotatable bonds is 13. The van der Waals surface area contributed by atoms with Crippen molar-refractivity contribution in [3.63, 3.8) is 0 Å². The lowest BCUT2D eigenvalue weighted by Gasteiger charge is -2.35. The lowest BCUT2D eigenvalue weighted by atomic mass is 9.85. The third kappa shape index (κ3) is 10.4. The van der Waals surface area contributed by atoms with Gasteiger partial charge in [0.05, 0.1) is 34.8 Å². The lowest BCUT2D eigenvalue weighted by molar-refractivity contribution is -0.141. The zero-order valence-electron chi connectivity index (χ0n) is 40.5. The van der Waals surface area contributed by atoms with E-state index in [4.69, 9.17) is 9.84 Å². The van der Waals surface area contributed by atoms with E-state index in [0.717, 1.165) is 57.8 Å². The molecule has 372 valence electrons. The number of nitrogens with one attached hydrogen (secondary N) is 2. The van der Waals surface area contributed by atoms with Crippen molar-refractivity contribution in [2.75, 3.05) is 37.7 Å². The average molecular weight is 980 g/mol. The number of thiazole rings is 1. The van der Waals surface area contributed by atoms with E-state index in [9.17, 15) is 24.3 Å². The highest BCUT2D eigenvalue weighted by molar-refractivity contribution is 7.13. The molecule has 0 spiro atoms. The number of β-amino-alcohol motifs (C(OH)–C–C–N with tert-alkyl or cyclic N) is 1. The Labute approximate surface area is 411 Å². The summed E-state index contributed by atoms with van der Waals surface area (Å²) in [5, 5.41) is 21.8. The predicted octanol–water partition coefficient (Wildman–Crippen LogP) is 7.26. The number of hydrogen-bond donors (Lipinski definition) is 3. The molecule has 3 atom stereocenters. The van der Waals surface area contributed by atoms with Crippen molar-refractivity contribution in [3.05, 3.63) is 94.0 Å². The number of ether oxygens (including phenoxy) is 1. The van der Waals surface area contributed by atoms with E-state index in [1.807, 2.05) is 68.4 Å². The minimum absolute atomic E-state index is 0.0118. The van der Waals surface area contributed by atoms with Gasteiger partial charge in [0, 0.05) is 100 Å². The molecule has 0 radical (unpaired) electrons. The largest absolute Gasteiger partial charge is 0.391 e. The first kappa shape index (κ1) is 49.0. The van der Waals surface area contributed by atoms with Crippen LogP contribution in [0.15, 0.2) is 60.4 Å². The van der Waals surface area contributed by atoms with Crippen LogP contribution >= 0.6 is 11.3 Å². The number of halogens is 2. The molecular weight excluding hydrogens is 917 g/mol. The highest BCUT2D eigenvalue weighted by Gasteiger charge is 2.43. The van der Waals surface area contributed by atoms with Crippen LogP contribution in [0.3, 0.4) is 0 Å². The molecule has 4 aliphatic rings. The molecule has 0 saturated carbocycles.